The third-order valence-electron chi connectivity index (χ3n) is 14.8. The van der Waals surface area contributed by atoms with E-state index in [1.807, 2.05) is 43.3 Å². The number of hydrogen-bond donors (Lipinski definition) is 3. The minimum Gasteiger partial charge on any atom is -0.481 e. The van der Waals surface area contributed by atoms with Gasteiger partial charge in [-0.3, -0.25) is 9.78 Å². The van der Waals surface area contributed by atoms with E-state index >= 15 is 0 Å². The molecule has 7 heteroatoms. The molecule has 4 fully saturated rings. The first-order chi connectivity index (χ1) is 26.0. The van der Waals surface area contributed by atoms with Crippen LogP contribution in [0.1, 0.15) is 138 Å². The van der Waals surface area contributed by atoms with Crippen LogP contribution < -0.4 is 5.32 Å². The third kappa shape index (κ3) is 7.40. The fourth-order valence-corrected chi connectivity index (χ4v) is 11.8. The van der Waals surface area contributed by atoms with Crippen LogP contribution in [0.2, 0.25) is 0 Å². The van der Waals surface area contributed by atoms with Crippen molar-refractivity contribution < 1.29 is 24.5 Å². The maximum absolute atomic E-state index is 13.2. The Kier molecular flexibility index (Phi) is 11.2. The van der Waals surface area contributed by atoms with Crippen LogP contribution in [0.4, 0.5) is 5.69 Å². The molecule has 1 heterocycles. The van der Waals surface area contributed by atoms with E-state index in [0.717, 1.165) is 84.5 Å². The number of hydrogen-bond acceptors (Lipinski definition) is 6. The minimum absolute atomic E-state index is 0.231. The predicted molar refractivity (Wildman–Crippen MR) is 214 cm³/mol. The molecule has 3 aromatic rings. The molecule has 1 aromatic heterocycles. The summed E-state index contributed by atoms with van der Waals surface area (Å²) in [5, 5.41) is 25.7. The van der Waals surface area contributed by atoms with Gasteiger partial charge in [-0.25, -0.2) is 4.79 Å². The van der Waals surface area contributed by atoms with Gasteiger partial charge in [-0.2, -0.15) is 0 Å². The molecule has 3 N–H and O–H groups in total. The molecule has 7 rings (SSSR count). The first kappa shape index (κ1) is 38.4. The molecule has 0 aliphatic heterocycles. The summed E-state index contributed by atoms with van der Waals surface area (Å²) in [5.41, 5.74) is 4.22. The standard InChI is InChI=1S/C47H60N2O5/c1-5-6-28-54-44(52)42-32(3)49-40-11-8-7-10-37(40)43(42)48-30-34-16-14-33(15-17-34)21-24-46(53)27-26-45(4)35(29-46)18-19-36-38(45)22-25-47(23-9-12-41(50)51)31(2)13-20-39(36)47/h7-8,10-11,14-17,31,35-36,38-39,53H,5-6,9,12-13,18-20,22-23,25-30H2,1-4H3,(H,48,49)(H,50,51)/t31?,35?,36?,38?,39?,45?,46-,47?/m1/s1. The topological polar surface area (TPSA) is 109 Å². The Morgan fingerprint density at radius 2 is 1.78 bits per heavy atom. The fraction of sp³-hybridized carbons (Fsp3) is 0.596. The number of carbonyl (C=O) groups excluding carboxylic acids is 1. The Balaban J connectivity index is 1.00. The number of aliphatic hydroxyl groups is 1. The van der Waals surface area contributed by atoms with E-state index in [0.29, 0.717) is 60.4 Å². The van der Waals surface area contributed by atoms with Crippen molar-refractivity contribution in [3.8, 4) is 11.8 Å². The fourth-order valence-electron chi connectivity index (χ4n) is 11.8. The van der Waals surface area contributed by atoms with Crippen LogP contribution >= 0.6 is 0 Å². The first-order valence-corrected chi connectivity index (χ1v) is 20.8. The number of nitrogens with zero attached hydrogens (tertiary/aromatic N) is 1. The highest BCUT2D eigenvalue weighted by molar-refractivity contribution is 6.06. The molecule has 0 amide bonds. The SMILES string of the molecule is CCCCOC(=O)c1c(C)nc2ccccc2c1NCc1ccc(C#C[C@@]2(O)CCC3(C)C(CCC4C3CCC3(CCCC(=O)O)C(C)CCC43)C2)cc1. The molecule has 0 saturated heterocycles. The van der Waals surface area contributed by atoms with Crippen molar-refractivity contribution in [2.75, 3.05) is 11.9 Å². The van der Waals surface area contributed by atoms with E-state index in [-0.39, 0.29) is 11.4 Å². The number of unbranched alkanes of at least 4 members (excludes halogenated alkanes) is 1. The molecule has 2 aromatic carbocycles. The normalized spacial score (nSPS) is 31.4. The van der Waals surface area contributed by atoms with Crippen molar-refractivity contribution in [2.45, 2.75) is 130 Å². The summed E-state index contributed by atoms with van der Waals surface area (Å²) in [4.78, 5) is 29.3. The van der Waals surface area contributed by atoms with E-state index in [1.54, 1.807) is 0 Å². The summed E-state index contributed by atoms with van der Waals surface area (Å²) in [6, 6.07) is 16.0. The summed E-state index contributed by atoms with van der Waals surface area (Å²) in [6.07, 6.45) is 13.9. The van der Waals surface area contributed by atoms with Gasteiger partial charge in [-0.15, -0.1) is 0 Å². The Bertz CT molecular complexity index is 1910. The molecule has 54 heavy (non-hydrogen) atoms. The van der Waals surface area contributed by atoms with E-state index in [1.165, 1.54) is 32.1 Å². The lowest BCUT2D eigenvalue weighted by Crippen LogP contribution is -2.56. The molecule has 0 radical (unpaired) electrons. The lowest BCUT2D eigenvalue weighted by atomic mass is 9.43. The second-order valence-corrected chi connectivity index (χ2v) is 17.6. The largest absolute Gasteiger partial charge is 0.481 e. The van der Waals surface area contributed by atoms with Crippen molar-refractivity contribution >= 4 is 28.5 Å². The zero-order valence-electron chi connectivity index (χ0n) is 32.9. The minimum atomic E-state index is -0.975. The number of fused-ring (bicyclic) bond motifs is 6. The molecular weight excluding hydrogens is 673 g/mol. The molecule has 4 saturated carbocycles. The summed E-state index contributed by atoms with van der Waals surface area (Å²) in [6.45, 7) is 9.80. The van der Waals surface area contributed by atoms with Crippen molar-refractivity contribution in [3.05, 3.63) is 70.9 Å². The second-order valence-electron chi connectivity index (χ2n) is 17.6. The number of esters is 1. The van der Waals surface area contributed by atoms with Gasteiger partial charge in [0.25, 0.3) is 0 Å². The van der Waals surface area contributed by atoms with E-state index in [4.69, 9.17) is 9.72 Å². The number of nitrogens with one attached hydrogen (secondary N) is 1. The van der Waals surface area contributed by atoms with Crippen molar-refractivity contribution in [1.82, 2.24) is 4.98 Å². The number of para-hydroxylation sites is 1. The molecule has 7 nitrogen and oxygen atoms in total. The van der Waals surface area contributed by atoms with Crippen LogP contribution in [0.5, 0.6) is 0 Å². The van der Waals surface area contributed by atoms with E-state index < -0.39 is 11.6 Å². The van der Waals surface area contributed by atoms with Crippen molar-refractivity contribution in [2.24, 2.45) is 40.4 Å². The predicted octanol–water partition coefficient (Wildman–Crippen LogP) is 10.1. The highest BCUT2D eigenvalue weighted by atomic mass is 16.5. The van der Waals surface area contributed by atoms with Gasteiger partial charge in [0.1, 0.15) is 11.2 Å². The number of aliphatic carboxylic acids is 1. The number of carbonyl (C=O) groups is 2. The van der Waals surface area contributed by atoms with Crippen molar-refractivity contribution in [1.29, 1.82) is 0 Å². The second kappa shape index (κ2) is 15.7. The van der Waals surface area contributed by atoms with Gasteiger partial charge in [-0.1, -0.05) is 69.4 Å². The Hall–Kier alpha value is -3.89. The van der Waals surface area contributed by atoms with Crippen LogP contribution in [-0.2, 0) is 16.1 Å². The molecule has 0 spiro atoms. The van der Waals surface area contributed by atoms with Gasteiger partial charge in [0.15, 0.2) is 0 Å². The number of aromatic nitrogens is 1. The van der Waals surface area contributed by atoms with Crippen molar-refractivity contribution in [3.63, 3.8) is 0 Å². The number of rotatable bonds is 11. The summed E-state index contributed by atoms with van der Waals surface area (Å²) >= 11 is 0. The summed E-state index contributed by atoms with van der Waals surface area (Å²) in [7, 11) is 0. The van der Waals surface area contributed by atoms with Gasteiger partial charge in [-0.05, 0) is 148 Å². The first-order valence-electron chi connectivity index (χ1n) is 20.8. The summed E-state index contributed by atoms with van der Waals surface area (Å²) in [5.74, 6) is 8.96. The number of pyridine rings is 1. The Labute approximate surface area is 322 Å². The molecule has 4 aliphatic carbocycles. The van der Waals surface area contributed by atoms with Crippen LogP contribution in [0.3, 0.4) is 0 Å². The smallest absolute Gasteiger partial charge is 0.342 e. The van der Waals surface area contributed by atoms with Gasteiger partial charge in [0.05, 0.1) is 23.5 Å². The number of anilines is 1. The average Bonchev–Trinajstić information content (AvgIpc) is 3.49. The molecule has 4 aliphatic rings. The van der Waals surface area contributed by atoms with Gasteiger partial charge >= 0.3 is 11.9 Å². The van der Waals surface area contributed by atoms with Crippen LogP contribution in [0, 0.1) is 59.2 Å². The zero-order chi connectivity index (χ0) is 38.1. The highest BCUT2D eigenvalue weighted by Crippen LogP contribution is 2.69. The Morgan fingerprint density at radius 1 is 0.981 bits per heavy atom. The number of carboxylic acids is 1. The molecule has 8 atom stereocenters. The molecule has 288 valence electrons. The average molecular weight is 733 g/mol. The lowest BCUT2D eigenvalue weighted by molar-refractivity contribution is -0.143. The molecule has 0 bridgehead atoms. The monoisotopic (exact) mass is 732 g/mol. The molecule has 7 unspecified atom stereocenters. The summed E-state index contributed by atoms with van der Waals surface area (Å²) < 4.78 is 5.62. The van der Waals surface area contributed by atoms with E-state index in [2.05, 4.69) is 50.1 Å². The van der Waals surface area contributed by atoms with Gasteiger partial charge < -0.3 is 20.3 Å². The molecular formula is C47H60N2O5. The highest BCUT2D eigenvalue weighted by Gasteiger charge is 2.61. The number of carboxylic acid groups (broad SMARTS) is 1. The number of benzene rings is 2. The van der Waals surface area contributed by atoms with Crippen LogP contribution in [0.15, 0.2) is 48.5 Å². The van der Waals surface area contributed by atoms with E-state index in [9.17, 15) is 19.8 Å². The quantitative estimate of drug-likeness (QED) is 0.102. The van der Waals surface area contributed by atoms with Gasteiger partial charge in [0, 0.05) is 23.9 Å². The van der Waals surface area contributed by atoms with Crippen LogP contribution in [-0.4, -0.2) is 39.3 Å². The van der Waals surface area contributed by atoms with Gasteiger partial charge in [0.2, 0.25) is 0 Å². The zero-order valence-corrected chi connectivity index (χ0v) is 32.9. The maximum atomic E-state index is 13.2. The number of ether oxygens (including phenoxy) is 1. The number of aryl methyl sites for hydroxylation is 1. The Morgan fingerprint density at radius 3 is 2.56 bits per heavy atom. The third-order valence-corrected chi connectivity index (χ3v) is 14.8. The lowest BCUT2D eigenvalue weighted by Gasteiger charge is -2.62. The maximum Gasteiger partial charge on any atom is 0.342 e. The van der Waals surface area contributed by atoms with Crippen LogP contribution in [0.25, 0.3) is 10.9 Å².